The summed E-state index contributed by atoms with van der Waals surface area (Å²) < 4.78 is 5.94. The van der Waals surface area contributed by atoms with Gasteiger partial charge in [-0.25, -0.2) is 14.5 Å². The van der Waals surface area contributed by atoms with Gasteiger partial charge < -0.3 is 15.0 Å². The summed E-state index contributed by atoms with van der Waals surface area (Å²) in [7, 11) is 2.11. The van der Waals surface area contributed by atoms with Crippen molar-refractivity contribution in [3.8, 4) is 11.3 Å². The first-order chi connectivity index (χ1) is 20.6. The van der Waals surface area contributed by atoms with Crippen molar-refractivity contribution in [2.45, 2.75) is 51.9 Å². The van der Waals surface area contributed by atoms with Crippen LogP contribution in [0.2, 0.25) is 0 Å². The number of anilines is 3. The van der Waals surface area contributed by atoms with Gasteiger partial charge in [0.2, 0.25) is 0 Å². The van der Waals surface area contributed by atoms with Gasteiger partial charge in [-0.3, -0.25) is 19.3 Å². The number of aliphatic hydroxyl groups is 1. The van der Waals surface area contributed by atoms with Crippen molar-refractivity contribution >= 4 is 28.9 Å². The van der Waals surface area contributed by atoms with E-state index in [2.05, 4.69) is 43.9 Å². The minimum atomic E-state index is -0.284. The Kier molecular flexibility index (Phi) is 5.86. The first-order valence-corrected chi connectivity index (χ1v) is 14.6. The average molecular weight is 565 g/mol. The monoisotopic (exact) mass is 564 g/mol. The van der Waals surface area contributed by atoms with E-state index in [-0.39, 0.29) is 12.5 Å². The van der Waals surface area contributed by atoms with E-state index in [1.165, 1.54) is 11.3 Å². The Balaban J connectivity index is 1.17. The first kappa shape index (κ1) is 25.2. The molecule has 0 saturated carbocycles. The number of aryl methyl sites for hydroxylation is 1. The van der Waals surface area contributed by atoms with Gasteiger partial charge in [0.05, 0.1) is 30.2 Å². The van der Waals surface area contributed by atoms with Gasteiger partial charge >= 0.3 is 0 Å². The summed E-state index contributed by atoms with van der Waals surface area (Å²) in [6, 6.07) is 7.88. The molecule has 5 aromatic heterocycles. The van der Waals surface area contributed by atoms with Crippen LogP contribution in [-0.2, 0) is 39.1 Å². The maximum Gasteiger partial charge on any atom is 0.276 e. The Bertz CT molecular complexity index is 1850. The highest BCUT2D eigenvalue weighted by Crippen LogP contribution is 2.35. The molecular formula is C30H32N10O2. The number of pyridine rings is 1. The topological polar surface area (TPSA) is 122 Å². The highest BCUT2D eigenvalue weighted by molar-refractivity contribution is 6.06. The van der Waals surface area contributed by atoms with Crippen LogP contribution in [0.5, 0.6) is 0 Å². The lowest BCUT2D eigenvalue weighted by Crippen LogP contribution is -2.41. The lowest BCUT2D eigenvalue weighted by Gasteiger charge is -2.30. The third-order valence-electron chi connectivity index (χ3n) is 8.75. The van der Waals surface area contributed by atoms with Crippen LogP contribution < -0.4 is 10.2 Å². The maximum absolute atomic E-state index is 13.8. The molecule has 7 heterocycles. The van der Waals surface area contributed by atoms with Gasteiger partial charge in [-0.15, -0.1) is 0 Å². The number of amides is 1. The molecule has 2 N–H and O–H groups in total. The summed E-state index contributed by atoms with van der Waals surface area (Å²) >= 11 is 0. The summed E-state index contributed by atoms with van der Waals surface area (Å²) in [5.41, 5.74) is 7.76. The van der Waals surface area contributed by atoms with Crippen LogP contribution in [0, 0.1) is 0 Å². The zero-order valence-corrected chi connectivity index (χ0v) is 23.5. The molecule has 5 aromatic rings. The minimum absolute atomic E-state index is 0.0789. The van der Waals surface area contributed by atoms with Crippen molar-refractivity contribution in [2.24, 2.45) is 0 Å². The van der Waals surface area contributed by atoms with Crippen LogP contribution in [0.15, 0.2) is 42.9 Å². The third kappa shape index (κ3) is 4.01. The fourth-order valence-electron chi connectivity index (χ4n) is 6.69. The molecule has 0 radical (unpaired) electrons. The third-order valence-corrected chi connectivity index (χ3v) is 8.75. The smallest absolute Gasteiger partial charge is 0.276 e. The number of carbonyl (C=O) groups excluding carboxylic acids is 1. The molecule has 42 heavy (non-hydrogen) atoms. The van der Waals surface area contributed by atoms with Gasteiger partial charge in [-0.05, 0) is 56.5 Å². The number of hydrogen-bond acceptors (Lipinski definition) is 8. The van der Waals surface area contributed by atoms with Crippen LogP contribution >= 0.6 is 0 Å². The second-order valence-electron chi connectivity index (χ2n) is 11.4. The summed E-state index contributed by atoms with van der Waals surface area (Å²) in [6.45, 7) is 3.57. The number of carbonyl (C=O) groups is 1. The van der Waals surface area contributed by atoms with E-state index in [1.807, 2.05) is 16.8 Å². The lowest BCUT2D eigenvalue weighted by molar-refractivity contribution is 0.0963. The van der Waals surface area contributed by atoms with Crippen molar-refractivity contribution in [1.29, 1.82) is 0 Å². The fourth-order valence-corrected chi connectivity index (χ4v) is 6.69. The molecule has 214 valence electrons. The normalized spacial score (nSPS) is 16.9. The van der Waals surface area contributed by atoms with E-state index >= 15 is 0 Å². The Morgan fingerprint density at radius 2 is 1.90 bits per heavy atom. The van der Waals surface area contributed by atoms with E-state index in [9.17, 15) is 9.90 Å². The van der Waals surface area contributed by atoms with Gasteiger partial charge in [0.1, 0.15) is 11.5 Å². The fraction of sp³-hybridized carbons (Fsp3) is 0.367. The molecule has 0 saturated heterocycles. The summed E-state index contributed by atoms with van der Waals surface area (Å²) in [4.78, 5) is 26.9. The Morgan fingerprint density at radius 3 is 2.81 bits per heavy atom. The van der Waals surface area contributed by atoms with E-state index in [4.69, 9.17) is 10.2 Å². The number of aromatic nitrogens is 7. The molecular weight excluding hydrogens is 532 g/mol. The minimum Gasteiger partial charge on any atom is -0.392 e. The Hall–Kier alpha value is -4.55. The number of hydrogen-bond donors (Lipinski definition) is 2. The molecule has 1 amide bonds. The second-order valence-corrected chi connectivity index (χ2v) is 11.4. The first-order valence-electron chi connectivity index (χ1n) is 14.6. The molecule has 0 atom stereocenters. The quantitative estimate of drug-likeness (QED) is 0.334. The van der Waals surface area contributed by atoms with Gasteiger partial charge in [-0.1, -0.05) is 0 Å². The number of imidazole rings is 1. The molecule has 12 heteroatoms. The Morgan fingerprint density at radius 1 is 1.00 bits per heavy atom. The molecule has 0 aromatic carbocycles. The van der Waals surface area contributed by atoms with E-state index in [0.717, 1.165) is 62.5 Å². The number of nitrogens with zero attached hydrogens (tertiary/aromatic N) is 9. The second kappa shape index (κ2) is 9.78. The number of rotatable bonds is 5. The molecule has 0 bridgehead atoms. The van der Waals surface area contributed by atoms with E-state index in [0.29, 0.717) is 47.1 Å². The number of fused-ring (bicyclic) bond motifs is 5. The van der Waals surface area contributed by atoms with Crippen molar-refractivity contribution in [2.75, 3.05) is 30.4 Å². The molecule has 12 nitrogen and oxygen atoms in total. The molecule has 1 aliphatic carbocycles. The molecule has 3 aliphatic rings. The predicted molar refractivity (Wildman–Crippen MR) is 157 cm³/mol. The van der Waals surface area contributed by atoms with Gasteiger partial charge in [0.25, 0.3) is 5.91 Å². The highest BCUT2D eigenvalue weighted by atomic mass is 16.3. The van der Waals surface area contributed by atoms with Crippen molar-refractivity contribution < 1.29 is 9.90 Å². The standard InChI is InChI=1S/C30H32N10O2/c1-36-10-13-39-20(17-36)15-27(35-39)33-24-16-23(34-40-9-8-32-29(24)40)21-6-7-31-28(22(21)18-41)38-12-11-37-25-5-3-2-4-19(25)14-26(37)30(38)42/h6-9,14-16,41H,2-5,10-13,17-18H2,1H3,(H,33,35). The van der Waals surface area contributed by atoms with Crippen molar-refractivity contribution in [1.82, 2.24) is 38.8 Å². The van der Waals surface area contributed by atoms with E-state index < -0.39 is 0 Å². The van der Waals surface area contributed by atoms with Crippen LogP contribution in [0.3, 0.4) is 0 Å². The number of aliphatic hydroxyl groups excluding tert-OH is 1. The lowest BCUT2D eigenvalue weighted by atomic mass is 9.98. The van der Waals surface area contributed by atoms with Gasteiger partial charge in [0, 0.05) is 67.7 Å². The van der Waals surface area contributed by atoms with Gasteiger partial charge in [-0.2, -0.15) is 10.2 Å². The summed E-state index contributed by atoms with van der Waals surface area (Å²) in [6.07, 6.45) is 9.56. The molecule has 0 fully saturated rings. The van der Waals surface area contributed by atoms with Crippen LogP contribution in [0.4, 0.5) is 17.3 Å². The zero-order chi connectivity index (χ0) is 28.4. The predicted octanol–water partition coefficient (Wildman–Crippen LogP) is 3.01. The highest BCUT2D eigenvalue weighted by Gasteiger charge is 2.32. The Labute approximate surface area is 242 Å². The molecule has 0 spiro atoms. The van der Waals surface area contributed by atoms with Crippen molar-refractivity contribution in [3.05, 3.63) is 71.1 Å². The SMILES string of the molecule is CN1CCn2nc(Nc3cc(-c4ccnc(N5CCn6c(cc7c6CCCC7)C5=O)c4CO)nn4ccnc34)cc2C1. The zero-order valence-electron chi connectivity index (χ0n) is 23.5. The van der Waals surface area contributed by atoms with Crippen molar-refractivity contribution in [3.63, 3.8) is 0 Å². The average Bonchev–Trinajstić information content (AvgIpc) is 3.74. The van der Waals surface area contributed by atoms with Crippen LogP contribution in [0.1, 0.15) is 45.8 Å². The largest absolute Gasteiger partial charge is 0.392 e. The van der Waals surface area contributed by atoms with E-state index in [1.54, 1.807) is 28.0 Å². The number of likely N-dealkylation sites (N-methyl/N-ethyl adjacent to an activating group) is 1. The molecule has 0 unspecified atom stereocenters. The molecule has 2 aliphatic heterocycles. The summed E-state index contributed by atoms with van der Waals surface area (Å²) in [5.74, 6) is 1.13. The van der Waals surface area contributed by atoms with Crippen LogP contribution in [0.25, 0.3) is 16.9 Å². The van der Waals surface area contributed by atoms with Crippen LogP contribution in [-0.4, -0.2) is 70.0 Å². The molecule has 8 rings (SSSR count). The maximum atomic E-state index is 13.8. The van der Waals surface area contributed by atoms with Gasteiger partial charge in [0.15, 0.2) is 11.5 Å². The summed E-state index contributed by atoms with van der Waals surface area (Å²) in [5, 5.41) is 23.7. The number of nitrogens with one attached hydrogen (secondary N) is 1.